The Balaban J connectivity index is 1.73. The molecule has 0 radical (unpaired) electrons. The third-order valence-corrected chi connectivity index (χ3v) is 5.68. The predicted molar refractivity (Wildman–Crippen MR) is 83.4 cm³/mol. The molecule has 0 aromatic heterocycles. The zero-order chi connectivity index (χ0) is 13.7. The number of rotatable bonds is 5. The number of nitrogens with zero attached hydrogens (tertiary/aromatic N) is 1. The summed E-state index contributed by atoms with van der Waals surface area (Å²) in [6.07, 6.45) is 8.64. The fourth-order valence-corrected chi connectivity index (χ4v) is 3.86. The zero-order valence-electron chi connectivity index (χ0n) is 13.3. The lowest BCUT2D eigenvalue weighted by Gasteiger charge is -2.39. The number of hydrogen-bond acceptors (Lipinski definition) is 2. The molecular weight excluding hydrogens is 232 g/mol. The lowest BCUT2D eigenvalue weighted by atomic mass is 9.80. The molecule has 0 spiro atoms. The van der Waals surface area contributed by atoms with Crippen LogP contribution in [0.15, 0.2) is 0 Å². The van der Waals surface area contributed by atoms with E-state index in [9.17, 15) is 0 Å². The Morgan fingerprint density at radius 3 is 2.42 bits per heavy atom. The first-order valence-electron chi connectivity index (χ1n) is 8.68. The van der Waals surface area contributed by atoms with Gasteiger partial charge >= 0.3 is 0 Å². The average Bonchev–Trinajstić information content (AvgIpc) is 2.47. The summed E-state index contributed by atoms with van der Waals surface area (Å²) in [5.74, 6) is 2.84. The second-order valence-corrected chi connectivity index (χ2v) is 7.00. The van der Waals surface area contributed by atoms with Crippen LogP contribution >= 0.6 is 0 Å². The lowest BCUT2D eigenvalue weighted by Crippen LogP contribution is -2.54. The Labute approximate surface area is 120 Å². The number of piperazine rings is 1. The van der Waals surface area contributed by atoms with Crippen LogP contribution < -0.4 is 5.32 Å². The smallest absolute Gasteiger partial charge is 0.0221 e. The largest absolute Gasteiger partial charge is 0.311 e. The van der Waals surface area contributed by atoms with Crippen LogP contribution in [0.5, 0.6) is 0 Å². The molecule has 1 aliphatic heterocycles. The van der Waals surface area contributed by atoms with Crippen LogP contribution in [-0.2, 0) is 0 Å². The van der Waals surface area contributed by atoms with E-state index in [1.165, 1.54) is 64.7 Å². The minimum absolute atomic E-state index is 0.728. The summed E-state index contributed by atoms with van der Waals surface area (Å²) in [6.45, 7) is 12.2. The highest BCUT2D eigenvalue weighted by atomic mass is 15.2. The van der Waals surface area contributed by atoms with Crippen molar-refractivity contribution in [2.45, 2.75) is 65.3 Å². The molecule has 2 atom stereocenters. The van der Waals surface area contributed by atoms with Crippen molar-refractivity contribution in [1.82, 2.24) is 10.2 Å². The van der Waals surface area contributed by atoms with E-state index in [0.717, 1.165) is 23.8 Å². The maximum Gasteiger partial charge on any atom is 0.0221 e. The van der Waals surface area contributed by atoms with Gasteiger partial charge in [-0.05, 0) is 30.6 Å². The van der Waals surface area contributed by atoms with E-state index in [0.29, 0.717) is 0 Å². The van der Waals surface area contributed by atoms with E-state index in [4.69, 9.17) is 0 Å². The molecule has 1 saturated heterocycles. The van der Waals surface area contributed by atoms with Gasteiger partial charge in [-0.25, -0.2) is 0 Å². The van der Waals surface area contributed by atoms with Gasteiger partial charge in [0.15, 0.2) is 0 Å². The third kappa shape index (κ3) is 4.46. The van der Waals surface area contributed by atoms with Crippen molar-refractivity contribution >= 4 is 0 Å². The van der Waals surface area contributed by atoms with E-state index in [1.807, 2.05) is 0 Å². The Morgan fingerprint density at radius 1 is 1.11 bits per heavy atom. The lowest BCUT2D eigenvalue weighted by molar-refractivity contribution is 0.127. The molecule has 112 valence electrons. The van der Waals surface area contributed by atoms with Gasteiger partial charge in [0.1, 0.15) is 0 Å². The first-order valence-corrected chi connectivity index (χ1v) is 8.68. The molecule has 1 N–H and O–H groups in total. The Bertz CT molecular complexity index is 246. The number of nitrogens with one attached hydrogen (secondary N) is 1. The summed E-state index contributed by atoms with van der Waals surface area (Å²) in [6, 6.07) is 0.728. The van der Waals surface area contributed by atoms with Gasteiger partial charge in [-0.15, -0.1) is 0 Å². The summed E-state index contributed by atoms with van der Waals surface area (Å²) in [5, 5.41) is 3.71. The van der Waals surface area contributed by atoms with Gasteiger partial charge in [0.05, 0.1) is 0 Å². The normalized spacial score (nSPS) is 35.2. The van der Waals surface area contributed by atoms with Crippen molar-refractivity contribution in [3.8, 4) is 0 Å². The predicted octanol–water partition coefficient (Wildman–Crippen LogP) is 3.52. The highest BCUT2D eigenvalue weighted by molar-refractivity contribution is 4.84. The van der Waals surface area contributed by atoms with Crippen LogP contribution in [0.4, 0.5) is 0 Å². The van der Waals surface area contributed by atoms with Crippen LogP contribution in [0.2, 0.25) is 0 Å². The molecule has 1 heterocycles. The van der Waals surface area contributed by atoms with Crippen molar-refractivity contribution in [3.05, 3.63) is 0 Å². The van der Waals surface area contributed by atoms with E-state index < -0.39 is 0 Å². The fraction of sp³-hybridized carbons (Fsp3) is 1.00. The minimum Gasteiger partial charge on any atom is -0.311 e. The summed E-state index contributed by atoms with van der Waals surface area (Å²) in [4.78, 5) is 2.74. The first-order chi connectivity index (χ1) is 9.22. The van der Waals surface area contributed by atoms with Crippen molar-refractivity contribution in [2.24, 2.45) is 17.8 Å². The molecule has 2 nitrogen and oxygen atoms in total. The summed E-state index contributed by atoms with van der Waals surface area (Å²) in [5.41, 5.74) is 0. The highest BCUT2D eigenvalue weighted by Crippen LogP contribution is 2.31. The van der Waals surface area contributed by atoms with Crippen molar-refractivity contribution in [1.29, 1.82) is 0 Å². The second-order valence-electron chi connectivity index (χ2n) is 7.00. The van der Waals surface area contributed by atoms with Crippen LogP contribution in [0.25, 0.3) is 0 Å². The monoisotopic (exact) mass is 266 g/mol. The molecule has 0 amide bonds. The van der Waals surface area contributed by atoms with Gasteiger partial charge in [-0.3, -0.25) is 0 Å². The second kappa shape index (κ2) is 7.64. The third-order valence-electron chi connectivity index (χ3n) is 5.68. The molecular formula is C17H34N2. The first kappa shape index (κ1) is 15.3. The Hall–Kier alpha value is -0.0800. The molecule has 19 heavy (non-hydrogen) atoms. The average molecular weight is 266 g/mol. The maximum absolute atomic E-state index is 3.71. The molecule has 1 aliphatic carbocycles. The Morgan fingerprint density at radius 2 is 1.79 bits per heavy atom. The molecule has 1 saturated carbocycles. The molecule has 2 rings (SSSR count). The molecule has 2 unspecified atom stereocenters. The number of hydrogen-bond donors (Lipinski definition) is 1. The summed E-state index contributed by atoms with van der Waals surface area (Å²) >= 11 is 0. The van der Waals surface area contributed by atoms with Crippen LogP contribution in [-0.4, -0.2) is 37.1 Å². The van der Waals surface area contributed by atoms with Gasteiger partial charge in [0.25, 0.3) is 0 Å². The van der Waals surface area contributed by atoms with E-state index >= 15 is 0 Å². The van der Waals surface area contributed by atoms with Gasteiger partial charge in [-0.2, -0.15) is 0 Å². The minimum atomic E-state index is 0.728. The van der Waals surface area contributed by atoms with Crippen LogP contribution in [0.3, 0.4) is 0 Å². The van der Waals surface area contributed by atoms with E-state index in [1.54, 1.807) is 0 Å². The quantitative estimate of drug-likeness (QED) is 0.819. The maximum atomic E-state index is 3.71. The van der Waals surface area contributed by atoms with Gasteiger partial charge in [-0.1, -0.05) is 46.5 Å². The summed E-state index contributed by atoms with van der Waals surface area (Å²) in [7, 11) is 0. The standard InChI is InChI=1S/C17H34N2/c1-4-14(3)17-13-19(11-10-18-17)12-16-8-6-15(5-2)7-9-16/h14-18H,4-13H2,1-3H3. The zero-order valence-corrected chi connectivity index (χ0v) is 13.3. The van der Waals surface area contributed by atoms with Gasteiger partial charge in [0, 0.05) is 32.2 Å². The molecule has 2 aliphatic rings. The Kier molecular flexibility index (Phi) is 6.15. The molecule has 0 aromatic rings. The molecule has 2 heteroatoms. The van der Waals surface area contributed by atoms with Crippen molar-refractivity contribution in [2.75, 3.05) is 26.2 Å². The highest BCUT2D eigenvalue weighted by Gasteiger charge is 2.26. The van der Waals surface area contributed by atoms with E-state index in [-0.39, 0.29) is 0 Å². The SMILES string of the molecule is CCC1CCC(CN2CCNC(C(C)CC)C2)CC1. The van der Waals surface area contributed by atoms with Gasteiger partial charge in [0.2, 0.25) is 0 Å². The summed E-state index contributed by atoms with van der Waals surface area (Å²) < 4.78 is 0. The van der Waals surface area contributed by atoms with Crippen LogP contribution in [0, 0.1) is 17.8 Å². The van der Waals surface area contributed by atoms with Crippen LogP contribution in [0.1, 0.15) is 59.3 Å². The molecule has 0 aromatic carbocycles. The topological polar surface area (TPSA) is 15.3 Å². The molecule has 0 bridgehead atoms. The van der Waals surface area contributed by atoms with E-state index in [2.05, 4.69) is 31.0 Å². The van der Waals surface area contributed by atoms with Crippen molar-refractivity contribution in [3.63, 3.8) is 0 Å². The van der Waals surface area contributed by atoms with Gasteiger partial charge < -0.3 is 10.2 Å². The van der Waals surface area contributed by atoms with Crippen molar-refractivity contribution < 1.29 is 0 Å². The fourth-order valence-electron chi connectivity index (χ4n) is 3.86. The molecule has 2 fully saturated rings.